The molecule has 0 aliphatic rings. The molecule has 0 aliphatic heterocycles. The Kier molecular flexibility index (Phi) is 6.87. The minimum atomic E-state index is -0.519. The lowest BCUT2D eigenvalue weighted by Crippen LogP contribution is -2.36. The zero-order valence-electron chi connectivity index (χ0n) is 12.5. The van der Waals surface area contributed by atoms with Crippen LogP contribution in [0.2, 0.25) is 5.02 Å². The Labute approximate surface area is 141 Å². The van der Waals surface area contributed by atoms with Gasteiger partial charge in [0.25, 0.3) is 0 Å². The van der Waals surface area contributed by atoms with Gasteiger partial charge in [0.15, 0.2) is 0 Å². The highest BCUT2D eigenvalue weighted by Crippen LogP contribution is 2.24. The number of amides is 1. The van der Waals surface area contributed by atoms with Gasteiger partial charge in [-0.25, -0.2) is 4.68 Å². The summed E-state index contributed by atoms with van der Waals surface area (Å²) < 4.78 is 1.67. The average Bonchev–Trinajstić information content (AvgIpc) is 2.91. The minimum absolute atomic E-state index is 0. The molecule has 1 heterocycles. The molecule has 0 radical (unpaired) electrons. The predicted molar refractivity (Wildman–Crippen MR) is 91.9 cm³/mol. The number of benzene rings is 1. The van der Waals surface area contributed by atoms with Crippen molar-refractivity contribution in [1.29, 1.82) is 0 Å². The van der Waals surface area contributed by atoms with E-state index in [1.165, 1.54) is 0 Å². The van der Waals surface area contributed by atoms with E-state index in [9.17, 15) is 4.79 Å². The molecule has 0 bridgehead atoms. The van der Waals surface area contributed by atoms with Crippen molar-refractivity contribution in [2.75, 3.05) is 5.32 Å². The molecule has 1 aromatic heterocycles. The zero-order valence-corrected chi connectivity index (χ0v) is 14.1. The third-order valence-electron chi connectivity index (χ3n) is 3.03. The Morgan fingerprint density at radius 2 is 2.18 bits per heavy atom. The van der Waals surface area contributed by atoms with Crippen LogP contribution in [0.4, 0.5) is 5.69 Å². The summed E-state index contributed by atoms with van der Waals surface area (Å²) in [4.78, 5) is 12.0. The van der Waals surface area contributed by atoms with Crippen LogP contribution in [0.15, 0.2) is 36.7 Å². The third kappa shape index (κ3) is 4.73. The molecule has 120 valence electrons. The van der Waals surface area contributed by atoms with E-state index in [4.69, 9.17) is 17.3 Å². The summed E-state index contributed by atoms with van der Waals surface area (Å²) in [5.74, 6) is 0.170. The van der Waals surface area contributed by atoms with Gasteiger partial charge in [0, 0.05) is 18.1 Å². The number of hydrogen-bond donors (Lipinski definition) is 2. The number of carbonyl (C=O) groups excluding carboxylic acids is 1. The highest BCUT2D eigenvalue weighted by molar-refractivity contribution is 6.32. The highest BCUT2D eigenvalue weighted by Gasteiger charge is 2.15. The van der Waals surface area contributed by atoms with Crippen LogP contribution in [0.1, 0.15) is 20.3 Å². The van der Waals surface area contributed by atoms with Crippen LogP contribution >= 0.6 is 24.0 Å². The van der Waals surface area contributed by atoms with Gasteiger partial charge >= 0.3 is 0 Å². The van der Waals surface area contributed by atoms with Crippen molar-refractivity contribution in [1.82, 2.24) is 9.78 Å². The summed E-state index contributed by atoms with van der Waals surface area (Å²) >= 11 is 6.22. The van der Waals surface area contributed by atoms with Crippen molar-refractivity contribution in [3.05, 3.63) is 41.7 Å². The van der Waals surface area contributed by atoms with Crippen molar-refractivity contribution >= 4 is 35.6 Å². The van der Waals surface area contributed by atoms with E-state index in [-0.39, 0.29) is 18.3 Å². The van der Waals surface area contributed by atoms with Gasteiger partial charge in [-0.3, -0.25) is 4.79 Å². The molecule has 0 fully saturated rings. The molecule has 3 N–H and O–H groups in total. The van der Waals surface area contributed by atoms with Gasteiger partial charge in [0.1, 0.15) is 0 Å². The largest absolute Gasteiger partial charge is 0.325 e. The minimum Gasteiger partial charge on any atom is -0.325 e. The number of nitrogens with one attached hydrogen (secondary N) is 1. The Morgan fingerprint density at radius 3 is 2.73 bits per heavy atom. The normalized spacial score (nSPS) is 11.9. The average molecular weight is 343 g/mol. The van der Waals surface area contributed by atoms with Gasteiger partial charge in [-0.15, -0.1) is 12.4 Å². The van der Waals surface area contributed by atoms with E-state index in [2.05, 4.69) is 10.4 Å². The first-order valence-corrected chi connectivity index (χ1v) is 7.21. The summed E-state index contributed by atoms with van der Waals surface area (Å²) in [6.45, 7) is 4.06. The third-order valence-corrected chi connectivity index (χ3v) is 3.33. The summed E-state index contributed by atoms with van der Waals surface area (Å²) in [7, 11) is 0. The zero-order chi connectivity index (χ0) is 15.4. The van der Waals surface area contributed by atoms with E-state index in [0.717, 1.165) is 5.69 Å². The van der Waals surface area contributed by atoms with Gasteiger partial charge in [0.2, 0.25) is 5.91 Å². The summed E-state index contributed by atoms with van der Waals surface area (Å²) in [6, 6.07) is 6.58. The van der Waals surface area contributed by atoms with Gasteiger partial charge in [-0.1, -0.05) is 25.4 Å². The topological polar surface area (TPSA) is 72.9 Å². The highest BCUT2D eigenvalue weighted by atomic mass is 35.5. The Morgan fingerprint density at radius 1 is 1.45 bits per heavy atom. The predicted octanol–water partition coefficient (Wildman–Crippen LogP) is 3.26. The maximum Gasteiger partial charge on any atom is 0.241 e. The van der Waals surface area contributed by atoms with Crippen molar-refractivity contribution in [3.8, 4) is 5.69 Å². The lowest BCUT2D eigenvalue weighted by molar-refractivity contribution is -0.117. The van der Waals surface area contributed by atoms with Crippen LogP contribution in [0.25, 0.3) is 5.69 Å². The number of rotatable bonds is 5. The molecule has 1 atom stereocenters. The fraction of sp³-hybridized carbons (Fsp3) is 0.333. The van der Waals surface area contributed by atoms with Crippen LogP contribution in [0, 0.1) is 5.92 Å². The van der Waals surface area contributed by atoms with E-state index in [1.807, 2.05) is 19.9 Å². The van der Waals surface area contributed by atoms with E-state index >= 15 is 0 Å². The van der Waals surface area contributed by atoms with Crippen LogP contribution in [0.5, 0.6) is 0 Å². The Bertz CT molecular complexity index is 614. The molecule has 1 amide bonds. The summed E-state index contributed by atoms with van der Waals surface area (Å²) in [5.41, 5.74) is 7.23. The van der Waals surface area contributed by atoms with Gasteiger partial charge in [-0.05, 0) is 36.6 Å². The quantitative estimate of drug-likeness (QED) is 0.875. The maximum absolute atomic E-state index is 12.0. The lowest BCUT2D eigenvalue weighted by atomic mass is 10.0. The fourth-order valence-electron chi connectivity index (χ4n) is 2.03. The van der Waals surface area contributed by atoms with Gasteiger partial charge < -0.3 is 11.1 Å². The molecule has 5 nitrogen and oxygen atoms in total. The smallest absolute Gasteiger partial charge is 0.241 e. The fourth-order valence-corrected chi connectivity index (χ4v) is 2.30. The number of aromatic nitrogens is 2. The van der Waals surface area contributed by atoms with Crippen LogP contribution in [-0.4, -0.2) is 21.7 Å². The standard InChI is InChI=1S/C15H19ClN4O.ClH/c1-10(2)8-13(17)15(21)19-11-4-5-14(12(16)9-11)20-7-3-6-18-20;/h3-7,9-10,13H,8,17H2,1-2H3,(H,19,21);1H/t13-;/m0./s1. The molecule has 0 aliphatic carbocycles. The summed E-state index contributed by atoms with van der Waals surface area (Å²) in [6.07, 6.45) is 4.12. The van der Waals surface area contributed by atoms with Crippen molar-refractivity contribution in [2.24, 2.45) is 11.7 Å². The molecule has 0 unspecified atom stereocenters. The molecular weight excluding hydrogens is 323 g/mol. The second-order valence-corrected chi connectivity index (χ2v) is 5.75. The Hall–Kier alpha value is -1.56. The number of nitrogens with two attached hydrogens (primary N) is 1. The van der Waals surface area contributed by atoms with Crippen molar-refractivity contribution in [2.45, 2.75) is 26.3 Å². The Balaban J connectivity index is 0.00000242. The van der Waals surface area contributed by atoms with E-state index < -0.39 is 6.04 Å². The second-order valence-electron chi connectivity index (χ2n) is 5.34. The maximum atomic E-state index is 12.0. The first kappa shape index (κ1) is 18.5. The van der Waals surface area contributed by atoms with E-state index in [0.29, 0.717) is 23.0 Å². The first-order valence-electron chi connectivity index (χ1n) is 6.83. The summed E-state index contributed by atoms with van der Waals surface area (Å²) in [5, 5.41) is 7.41. The first-order chi connectivity index (χ1) is 9.97. The van der Waals surface area contributed by atoms with Crippen LogP contribution < -0.4 is 11.1 Å². The number of nitrogens with zero attached hydrogens (tertiary/aromatic N) is 2. The molecule has 0 saturated heterocycles. The van der Waals surface area contributed by atoms with Gasteiger partial charge in [-0.2, -0.15) is 5.10 Å². The molecule has 2 rings (SSSR count). The van der Waals surface area contributed by atoms with E-state index in [1.54, 1.807) is 35.3 Å². The van der Waals surface area contributed by atoms with Gasteiger partial charge in [0.05, 0.1) is 16.8 Å². The second kappa shape index (κ2) is 8.17. The number of hydrogen-bond acceptors (Lipinski definition) is 3. The number of anilines is 1. The molecule has 22 heavy (non-hydrogen) atoms. The molecule has 1 aromatic carbocycles. The molecular formula is C15H20Cl2N4O. The lowest BCUT2D eigenvalue weighted by Gasteiger charge is -2.15. The van der Waals surface area contributed by atoms with Crippen molar-refractivity contribution in [3.63, 3.8) is 0 Å². The van der Waals surface area contributed by atoms with Crippen molar-refractivity contribution < 1.29 is 4.79 Å². The molecule has 7 heteroatoms. The van der Waals surface area contributed by atoms with Crippen LogP contribution in [-0.2, 0) is 4.79 Å². The number of carbonyl (C=O) groups is 1. The molecule has 0 spiro atoms. The monoisotopic (exact) mass is 342 g/mol. The SMILES string of the molecule is CC(C)C[C@H](N)C(=O)Nc1ccc(-n2cccn2)c(Cl)c1.Cl. The van der Waals surface area contributed by atoms with Crippen LogP contribution in [0.3, 0.4) is 0 Å². The number of halogens is 2. The molecule has 0 saturated carbocycles. The molecule has 2 aromatic rings.